The van der Waals surface area contributed by atoms with Crippen LogP contribution in [0.5, 0.6) is 5.75 Å². The van der Waals surface area contributed by atoms with Crippen LogP contribution in [0.25, 0.3) is 6.08 Å². The van der Waals surface area contributed by atoms with Crippen molar-refractivity contribution in [3.63, 3.8) is 0 Å². The number of ether oxygens (including phenoxy) is 1. The van der Waals surface area contributed by atoms with E-state index in [0.717, 1.165) is 16.9 Å². The molecule has 0 N–H and O–H groups in total. The number of hydrogen-bond donors (Lipinski definition) is 0. The molecule has 0 spiro atoms. The molecule has 0 unspecified atom stereocenters. The molecule has 0 heterocycles. The summed E-state index contributed by atoms with van der Waals surface area (Å²) in [7, 11) is 0. The molecule has 110 valence electrons. The predicted octanol–water partition coefficient (Wildman–Crippen LogP) is 4.18. The van der Waals surface area contributed by atoms with Crippen LogP contribution in [0.15, 0.2) is 54.1 Å². The molecule has 0 aliphatic heterocycles. The lowest BCUT2D eigenvalue weighted by molar-refractivity contribution is 0.103. The van der Waals surface area contributed by atoms with Crippen molar-refractivity contribution in [1.82, 2.24) is 0 Å². The van der Waals surface area contributed by atoms with Gasteiger partial charge in [-0.3, -0.25) is 4.79 Å². The Hall–Kier alpha value is -2.86. The monoisotopic (exact) mass is 291 g/mol. The Morgan fingerprint density at radius 1 is 1.18 bits per heavy atom. The van der Waals surface area contributed by atoms with Crippen molar-refractivity contribution in [2.75, 3.05) is 6.61 Å². The quantitative estimate of drug-likeness (QED) is 0.471. The van der Waals surface area contributed by atoms with E-state index in [1.54, 1.807) is 18.2 Å². The van der Waals surface area contributed by atoms with Gasteiger partial charge in [0.05, 0.1) is 6.61 Å². The van der Waals surface area contributed by atoms with Crippen molar-refractivity contribution in [1.29, 1.82) is 5.26 Å². The first kappa shape index (κ1) is 15.5. The number of aryl methyl sites for hydroxylation is 1. The van der Waals surface area contributed by atoms with Crippen molar-refractivity contribution in [2.45, 2.75) is 13.8 Å². The number of allylic oxidation sites excluding steroid dienone is 1. The Morgan fingerprint density at radius 2 is 1.86 bits per heavy atom. The minimum Gasteiger partial charge on any atom is -0.494 e. The summed E-state index contributed by atoms with van der Waals surface area (Å²) in [6.07, 6.45) is 1.60. The van der Waals surface area contributed by atoms with Gasteiger partial charge in [0.1, 0.15) is 17.4 Å². The summed E-state index contributed by atoms with van der Waals surface area (Å²) in [6.45, 7) is 4.38. The molecule has 0 radical (unpaired) electrons. The molecular weight excluding hydrogens is 274 g/mol. The second-order valence-electron chi connectivity index (χ2n) is 4.82. The number of carbonyl (C=O) groups excluding carboxylic acids is 1. The van der Waals surface area contributed by atoms with Crippen LogP contribution >= 0.6 is 0 Å². The zero-order chi connectivity index (χ0) is 15.9. The number of benzene rings is 2. The molecule has 0 aliphatic carbocycles. The Balaban J connectivity index is 2.29. The number of hydrogen-bond acceptors (Lipinski definition) is 3. The molecule has 0 bridgehead atoms. The first-order valence-electron chi connectivity index (χ1n) is 7.10. The maximum atomic E-state index is 12.5. The molecule has 2 rings (SSSR count). The maximum Gasteiger partial charge on any atom is 0.203 e. The van der Waals surface area contributed by atoms with Gasteiger partial charge >= 0.3 is 0 Å². The summed E-state index contributed by atoms with van der Waals surface area (Å²) in [4.78, 5) is 12.5. The number of ketones is 1. The molecule has 0 saturated carbocycles. The van der Waals surface area contributed by atoms with Crippen molar-refractivity contribution in [2.24, 2.45) is 0 Å². The van der Waals surface area contributed by atoms with Gasteiger partial charge in [-0.25, -0.2) is 0 Å². The topological polar surface area (TPSA) is 50.1 Å². The van der Waals surface area contributed by atoms with Gasteiger partial charge in [0.15, 0.2) is 0 Å². The summed E-state index contributed by atoms with van der Waals surface area (Å²) >= 11 is 0. The summed E-state index contributed by atoms with van der Waals surface area (Å²) in [6, 6.07) is 16.6. The van der Waals surface area contributed by atoms with Crippen LogP contribution < -0.4 is 4.74 Å². The van der Waals surface area contributed by atoms with Crippen LogP contribution in [0.3, 0.4) is 0 Å². The van der Waals surface area contributed by atoms with E-state index in [9.17, 15) is 10.1 Å². The van der Waals surface area contributed by atoms with Crippen molar-refractivity contribution >= 4 is 11.9 Å². The molecule has 3 nitrogen and oxygen atoms in total. The molecule has 22 heavy (non-hydrogen) atoms. The average molecular weight is 291 g/mol. The molecule has 0 aromatic heterocycles. The summed E-state index contributed by atoms with van der Waals surface area (Å²) in [5.41, 5.74) is 2.34. The summed E-state index contributed by atoms with van der Waals surface area (Å²) < 4.78 is 5.37. The highest BCUT2D eigenvalue weighted by atomic mass is 16.5. The largest absolute Gasteiger partial charge is 0.494 e. The summed E-state index contributed by atoms with van der Waals surface area (Å²) in [5, 5.41) is 9.28. The standard InChI is InChI=1S/C19H17NO2/c1-3-22-17-10-8-15(9-11-17)12-16(13-20)19(21)18-7-5-4-6-14(18)2/h4-12H,3H2,1-2H3/b16-12+. The molecule has 0 aliphatic rings. The Kier molecular flexibility index (Phi) is 5.11. The predicted molar refractivity (Wildman–Crippen MR) is 86.7 cm³/mol. The number of nitrogens with zero attached hydrogens (tertiary/aromatic N) is 1. The molecule has 2 aromatic carbocycles. The van der Waals surface area contributed by atoms with Gasteiger partial charge in [0.2, 0.25) is 5.78 Å². The van der Waals surface area contributed by atoms with E-state index in [1.165, 1.54) is 0 Å². The highest BCUT2D eigenvalue weighted by Crippen LogP contribution is 2.18. The van der Waals surface area contributed by atoms with Crippen molar-refractivity contribution < 1.29 is 9.53 Å². The second-order valence-corrected chi connectivity index (χ2v) is 4.82. The second kappa shape index (κ2) is 7.24. The highest BCUT2D eigenvalue weighted by molar-refractivity contribution is 6.14. The minimum atomic E-state index is -0.255. The van der Waals surface area contributed by atoms with Crippen molar-refractivity contribution in [3.05, 3.63) is 70.8 Å². The van der Waals surface area contributed by atoms with E-state index >= 15 is 0 Å². The van der Waals surface area contributed by atoms with Crippen LogP contribution in [0, 0.1) is 18.3 Å². The molecule has 3 heteroatoms. The van der Waals surface area contributed by atoms with Gasteiger partial charge in [0, 0.05) is 5.56 Å². The van der Waals surface area contributed by atoms with Crippen LogP contribution in [-0.4, -0.2) is 12.4 Å². The maximum absolute atomic E-state index is 12.5. The van der Waals surface area contributed by atoms with Crippen LogP contribution in [0.4, 0.5) is 0 Å². The molecule has 0 fully saturated rings. The fourth-order valence-electron chi connectivity index (χ4n) is 2.11. The zero-order valence-corrected chi connectivity index (χ0v) is 12.7. The van der Waals surface area contributed by atoms with E-state index in [1.807, 2.05) is 56.3 Å². The number of carbonyl (C=O) groups is 1. The number of nitriles is 1. The molecule has 2 aromatic rings. The number of Topliss-reactive ketones (excluding diaryl/α,β-unsaturated/α-hetero) is 1. The first-order valence-corrected chi connectivity index (χ1v) is 7.10. The zero-order valence-electron chi connectivity index (χ0n) is 12.7. The van der Waals surface area contributed by atoms with E-state index in [-0.39, 0.29) is 11.4 Å². The van der Waals surface area contributed by atoms with Gasteiger partial charge in [-0.2, -0.15) is 5.26 Å². The van der Waals surface area contributed by atoms with E-state index in [4.69, 9.17) is 4.74 Å². The Bertz CT molecular complexity index is 737. The van der Waals surface area contributed by atoms with Gasteiger partial charge in [-0.1, -0.05) is 36.4 Å². The fraction of sp³-hybridized carbons (Fsp3) is 0.158. The Morgan fingerprint density at radius 3 is 2.45 bits per heavy atom. The normalized spacial score (nSPS) is 10.9. The van der Waals surface area contributed by atoms with Gasteiger partial charge in [-0.05, 0) is 43.2 Å². The lowest BCUT2D eigenvalue weighted by Gasteiger charge is -2.04. The smallest absolute Gasteiger partial charge is 0.203 e. The van der Waals surface area contributed by atoms with E-state index in [0.29, 0.717) is 12.2 Å². The van der Waals surface area contributed by atoms with E-state index < -0.39 is 0 Å². The van der Waals surface area contributed by atoms with Crippen LogP contribution in [0.2, 0.25) is 0 Å². The number of rotatable bonds is 5. The third-order valence-corrected chi connectivity index (χ3v) is 3.26. The molecule has 0 atom stereocenters. The summed E-state index contributed by atoms with van der Waals surface area (Å²) in [5.74, 6) is 0.512. The van der Waals surface area contributed by atoms with Gasteiger partial charge < -0.3 is 4.74 Å². The van der Waals surface area contributed by atoms with Crippen LogP contribution in [0.1, 0.15) is 28.4 Å². The minimum absolute atomic E-state index is 0.124. The van der Waals surface area contributed by atoms with Gasteiger partial charge in [0.25, 0.3) is 0 Å². The molecule has 0 saturated heterocycles. The highest BCUT2D eigenvalue weighted by Gasteiger charge is 2.13. The lowest BCUT2D eigenvalue weighted by atomic mass is 9.98. The fourth-order valence-corrected chi connectivity index (χ4v) is 2.11. The molecule has 0 amide bonds. The van der Waals surface area contributed by atoms with Gasteiger partial charge in [-0.15, -0.1) is 0 Å². The van der Waals surface area contributed by atoms with Crippen molar-refractivity contribution in [3.8, 4) is 11.8 Å². The lowest BCUT2D eigenvalue weighted by Crippen LogP contribution is -2.04. The average Bonchev–Trinajstić information content (AvgIpc) is 2.54. The third-order valence-electron chi connectivity index (χ3n) is 3.26. The first-order chi connectivity index (χ1) is 10.7. The Labute approximate surface area is 130 Å². The molecular formula is C19H17NO2. The SMILES string of the molecule is CCOc1ccc(/C=C(\C#N)C(=O)c2ccccc2C)cc1. The van der Waals surface area contributed by atoms with Crippen LogP contribution in [-0.2, 0) is 0 Å². The third kappa shape index (κ3) is 3.62. The van der Waals surface area contributed by atoms with E-state index in [2.05, 4.69) is 0 Å².